The number of carbonyl (C=O) groups excluding carboxylic acids is 10. The van der Waals surface area contributed by atoms with Crippen LogP contribution in [-0.4, -0.2) is 156 Å². The summed E-state index contributed by atoms with van der Waals surface area (Å²) in [6.07, 6.45) is 3.71. The van der Waals surface area contributed by atoms with Crippen molar-refractivity contribution in [2.45, 2.75) is 219 Å². The first kappa shape index (κ1) is 74.2. The molecule has 0 aliphatic heterocycles. The lowest BCUT2D eigenvalue weighted by Crippen LogP contribution is -2.60. The van der Waals surface area contributed by atoms with Crippen LogP contribution in [0.25, 0.3) is 0 Å². The third-order valence-corrected chi connectivity index (χ3v) is 13.4. The number of amides is 10. The first-order chi connectivity index (χ1) is 39.0. The molecule has 83 heavy (non-hydrogen) atoms. The monoisotopic (exact) mass is 1170 g/mol. The summed E-state index contributed by atoms with van der Waals surface area (Å²) in [7, 11) is 0. The van der Waals surface area contributed by atoms with E-state index in [4.69, 9.17) is 22.9 Å². The molecule has 470 valence electrons. The number of nitrogens with two attached hydrogens (primary N) is 4. The predicted molar refractivity (Wildman–Crippen MR) is 315 cm³/mol. The van der Waals surface area contributed by atoms with Gasteiger partial charge in [-0.1, -0.05) is 71.9 Å². The summed E-state index contributed by atoms with van der Waals surface area (Å²) < 4.78 is 0. The van der Waals surface area contributed by atoms with Crippen molar-refractivity contribution in [3.8, 4) is 0 Å². The zero-order chi connectivity index (χ0) is 62.9. The number of hydrogen-bond acceptors (Lipinski definition) is 15. The molecule has 26 heteroatoms. The molecule has 11 atom stereocenters. The van der Waals surface area contributed by atoms with Crippen LogP contribution in [0.2, 0.25) is 0 Å². The lowest BCUT2D eigenvalue weighted by Gasteiger charge is -2.28. The first-order valence-corrected chi connectivity index (χ1v) is 29.2. The highest BCUT2D eigenvalue weighted by Gasteiger charge is 2.35. The quantitative estimate of drug-likeness (QED) is 0.0353. The Kier molecular flexibility index (Phi) is 35.5. The van der Waals surface area contributed by atoms with Gasteiger partial charge in [-0.3, -0.25) is 52.7 Å². The molecule has 26 nitrogen and oxygen atoms in total. The standard InChI is InChI=1S/C57H100N14O12/c1-32(2)28-44(69-47(72)35(7)62-50(75)40(61)31-39-20-12-11-13-21-39)54(79)64-37(9)49(74)71-45(29-33(3)4)55(80)67-41(22-14-17-25-58)51(76)63-36(8)48(73)70-46(30-34(5)6)56(81)68-43(24-16-19-27-60)53(78)66-42(23-15-18-26-59)52(77)65-38(10)57(82)83/h11-13,20-21,32-38,40-46H,14-19,22-31,58-61H2,1-10H3,(H,62,75)(H,63,76)(H,64,79)(H,65,77)(H,66,78)(H,67,80)(H,68,81)(H,69,72)(H,70,73)(H,71,74)(H,82,83)/t35-,36-,37-,38-,40-,41-,42-,43-,44-,45-,46-/m0/s1. The molecular weight excluding hydrogens is 1070 g/mol. The summed E-state index contributed by atoms with van der Waals surface area (Å²) >= 11 is 0. The van der Waals surface area contributed by atoms with Gasteiger partial charge < -0.3 is 81.2 Å². The van der Waals surface area contributed by atoms with Crippen LogP contribution in [0.15, 0.2) is 30.3 Å². The lowest BCUT2D eigenvalue weighted by atomic mass is 10.0. The van der Waals surface area contributed by atoms with Gasteiger partial charge in [0.25, 0.3) is 0 Å². The minimum atomic E-state index is -1.28. The summed E-state index contributed by atoms with van der Waals surface area (Å²) in [4.78, 5) is 148. The zero-order valence-corrected chi connectivity index (χ0v) is 50.5. The maximum Gasteiger partial charge on any atom is 0.325 e. The van der Waals surface area contributed by atoms with Crippen LogP contribution < -0.4 is 76.1 Å². The third-order valence-electron chi connectivity index (χ3n) is 13.4. The molecule has 0 spiro atoms. The number of carbonyl (C=O) groups is 11. The molecule has 10 amide bonds. The Bertz CT molecular complexity index is 2240. The van der Waals surface area contributed by atoms with Crippen LogP contribution in [0.4, 0.5) is 0 Å². The van der Waals surface area contributed by atoms with Gasteiger partial charge in [0.05, 0.1) is 6.04 Å². The van der Waals surface area contributed by atoms with Crippen molar-refractivity contribution in [2.75, 3.05) is 19.6 Å². The molecule has 0 fully saturated rings. The highest BCUT2D eigenvalue weighted by atomic mass is 16.4. The Morgan fingerprint density at radius 1 is 0.361 bits per heavy atom. The van der Waals surface area contributed by atoms with Crippen molar-refractivity contribution in [1.29, 1.82) is 0 Å². The van der Waals surface area contributed by atoms with Gasteiger partial charge in [-0.05, 0) is 154 Å². The zero-order valence-electron chi connectivity index (χ0n) is 50.5. The van der Waals surface area contributed by atoms with Crippen molar-refractivity contribution in [1.82, 2.24) is 53.2 Å². The van der Waals surface area contributed by atoms with Gasteiger partial charge in [-0.2, -0.15) is 0 Å². The van der Waals surface area contributed by atoms with E-state index in [1.54, 1.807) is 0 Å². The SMILES string of the molecule is CC(C)C[C@H](NC(=O)[C@H](C)NC(=O)[C@@H](N)Cc1ccccc1)C(=O)N[C@@H](C)C(=O)N[C@@H](CC(C)C)C(=O)N[C@@H](CCCCN)C(=O)N[C@@H](C)C(=O)N[C@@H](CC(C)C)C(=O)N[C@@H](CCCCN)C(=O)N[C@@H](CCCCN)C(=O)N[C@@H](C)C(=O)O. The fraction of sp³-hybridized carbons (Fsp3) is 0.702. The summed E-state index contributed by atoms with van der Waals surface area (Å²) in [5.74, 6) is -8.73. The van der Waals surface area contributed by atoms with Crippen molar-refractivity contribution >= 4 is 65.0 Å². The number of carboxylic acid groups (broad SMARTS) is 1. The predicted octanol–water partition coefficient (Wildman–Crippen LogP) is -0.906. The molecule has 0 bridgehead atoms. The minimum Gasteiger partial charge on any atom is -0.480 e. The van der Waals surface area contributed by atoms with Gasteiger partial charge >= 0.3 is 5.97 Å². The van der Waals surface area contributed by atoms with E-state index in [0.717, 1.165) is 5.56 Å². The summed E-state index contributed by atoms with van der Waals surface area (Å²) in [6.45, 7) is 17.4. The fourth-order valence-electron chi connectivity index (χ4n) is 8.58. The molecule has 0 heterocycles. The third kappa shape index (κ3) is 29.9. The number of benzene rings is 1. The van der Waals surface area contributed by atoms with Crippen LogP contribution >= 0.6 is 0 Å². The summed E-state index contributed by atoms with van der Waals surface area (Å²) in [6, 6.07) is -3.70. The van der Waals surface area contributed by atoms with E-state index < -0.39 is 132 Å². The largest absolute Gasteiger partial charge is 0.480 e. The second-order valence-corrected chi connectivity index (χ2v) is 22.7. The van der Waals surface area contributed by atoms with Gasteiger partial charge in [-0.25, -0.2) is 0 Å². The van der Waals surface area contributed by atoms with E-state index in [0.29, 0.717) is 51.6 Å². The van der Waals surface area contributed by atoms with E-state index in [2.05, 4.69) is 53.2 Å². The van der Waals surface area contributed by atoms with Crippen molar-refractivity contribution in [3.63, 3.8) is 0 Å². The average Bonchev–Trinajstić information content (AvgIpc) is 3.41. The van der Waals surface area contributed by atoms with Crippen molar-refractivity contribution in [2.24, 2.45) is 40.7 Å². The van der Waals surface area contributed by atoms with Crippen LogP contribution in [-0.2, 0) is 59.2 Å². The minimum absolute atomic E-state index is 0.0871. The second-order valence-electron chi connectivity index (χ2n) is 22.7. The maximum absolute atomic E-state index is 14.1. The highest BCUT2D eigenvalue weighted by molar-refractivity contribution is 5.98. The molecule has 1 rings (SSSR count). The number of nitrogens with one attached hydrogen (secondary N) is 10. The molecule has 19 N–H and O–H groups in total. The summed E-state index contributed by atoms with van der Waals surface area (Å²) in [5.41, 5.74) is 24.1. The van der Waals surface area contributed by atoms with Gasteiger partial charge in [0.2, 0.25) is 59.1 Å². The number of hydrogen-bond donors (Lipinski definition) is 15. The molecule has 0 aliphatic carbocycles. The normalized spacial score (nSPS) is 15.3. The molecule has 0 saturated carbocycles. The van der Waals surface area contributed by atoms with E-state index in [-0.39, 0.29) is 69.2 Å². The van der Waals surface area contributed by atoms with Crippen LogP contribution in [0.1, 0.15) is 152 Å². The van der Waals surface area contributed by atoms with E-state index in [9.17, 15) is 57.8 Å². The Morgan fingerprint density at radius 3 is 0.928 bits per heavy atom. The van der Waals surface area contributed by atoms with Gasteiger partial charge in [0.1, 0.15) is 60.4 Å². The van der Waals surface area contributed by atoms with E-state index in [1.807, 2.05) is 71.9 Å². The number of carboxylic acids is 1. The highest BCUT2D eigenvalue weighted by Crippen LogP contribution is 2.13. The summed E-state index contributed by atoms with van der Waals surface area (Å²) in [5, 5.41) is 35.7. The molecule has 1 aromatic rings. The van der Waals surface area contributed by atoms with E-state index >= 15 is 0 Å². The van der Waals surface area contributed by atoms with Crippen LogP contribution in [0.3, 0.4) is 0 Å². The Morgan fingerprint density at radius 2 is 0.627 bits per heavy atom. The smallest absolute Gasteiger partial charge is 0.325 e. The average molecular weight is 1170 g/mol. The number of aliphatic carboxylic acids is 1. The van der Waals surface area contributed by atoms with Crippen LogP contribution in [0, 0.1) is 17.8 Å². The number of unbranched alkanes of at least 4 members (excludes halogenated alkanes) is 3. The van der Waals surface area contributed by atoms with Gasteiger partial charge in [0, 0.05) is 0 Å². The Hall–Kier alpha value is -6.77. The second kappa shape index (κ2) is 39.7. The lowest BCUT2D eigenvalue weighted by molar-refractivity contribution is -0.142. The van der Waals surface area contributed by atoms with Crippen molar-refractivity contribution < 1.29 is 57.8 Å². The van der Waals surface area contributed by atoms with Gasteiger partial charge in [0.15, 0.2) is 0 Å². The van der Waals surface area contributed by atoms with Crippen LogP contribution in [0.5, 0.6) is 0 Å². The van der Waals surface area contributed by atoms with Crippen molar-refractivity contribution in [3.05, 3.63) is 35.9 Å². The molecule has 0 radical (unpaired) electrons. The number of rotatable bonds is 41. The first-order valence-electron chi connectivity index (χ1n) is 29.2. The Balaban J connectivity index is 3.24. The molecule has 0 unspecified atom stereocenters. The molecule has 0 saturated heterocycles. The molecule has 0 aliphatic rings. The Labute approximate surface area is 489 Å². The fourth-order valence-corrected chi connectivity index (χ4v) is 8.58. The topological polar surface area (TPSA) is 432 Å². The maximum atomic E-state index is 14.1. The molecule has 0 aromatic heterocycles. The van der Waals surface area contributed by atoms with E-state index in [1.165, 1.54) is 27.7 Å². The molecule has 1 aromatic carbocycles. The molecular formula is C57H100N14O12. The van der Waals surface area contributed by atoms with Gasteiger partial charge in [-0.15, -0.1) is 0 Å².